The molecule has 0 aromatic carbocycles. The predicted octanol–water partition coefficient (Wildman–Crippen LogP) is 1.91. The van der Waals surface area contributed by atoms with E-state index < -0.39 is 0 Å². The number of hydrogen-bond acceptors (Lipinski definition) is 2. The highest BCUT2D eigenvalue weighted by atomic mass is 16.2. The van der Waals surface area contributed by atoms with E-state index >= 15 is 0 Å². The Kier molecular flexibility index (Phi) is 5.32. The summed E-state index contributed by atoms with van der Waals surface area (Å²) in [6, 6.07) is 0. The number of ketones is 1. The van der Waals surface area contributed by atoms with Crippen LogP contribution in [0.25, 0.3) is 0 Å². The van der Waals surface area contributed by atoms with Gasteiger partial charge in [-0.15, -0.1) is 0 Å². The normalized spacial score (nSPS) is 17.2. The minimum absolute atomic E-state index is 0.0453. The molecule has 2 nitrogen and oxygen atoms in total. The minimum atomic E-state index is 0.0453. The quantitative estimate of drug-likeness (QED) is 0.550. The molecule has 0 unspecified atom stereocenters. The molecule has 0 radical (unpaired) electrons. The van der Waals surface area contributed by atoms with Crippen LogP contribution in [0.1, 0.15) is 44.9 Å². The van der Waals surface area contributed by atoms with E-state index in [-0.39, 0.29) is 12.4 Å². The Hall–Kier alpha value is -0.810. The Balaban J connectivity index is 2.22. The molecule has 0 bridgehead atoms. The van der Waals surface area contributed by atoms with Crippen molar-refractivity contribution in [3.8, 4) is 11.8 Å². The SMILES string of the molecule is O=C(C#CCCO)CC1CCCCC1. The third-order valence-corrected chi connectivity index (χ3v) is 2.66. The predicted molar refractivity (Wildman–Crippen MR) is 55.7 cm³/mol. The number of rotatable bonds is 3. The Morgan fingerprint density at radius 3 is 2.64 bits per heavy atom. The highest BCUT2D eigenvalue weighted by Gasteiger charge is 2.15. The van der Waals surface area contributed by atoms with Gasteiger partial charge in [-0.1, -0.05) is 25.2 Å². The van der Waals surface area contributed by atoms with Gasteiger partial charge >= 0.3 is 0 Å². The Morgan fingerprint density at radius 1 is 1.29 bits per heavy atom. The number of aliphatic hydroxyl groups is 1. The fourth-order valence-electron chi connectivity index (χ4n) is 1.92. The maximum atomic E-state index is 11.3. The Bertz CT molecular complexity index is 228. The highest BCUT2D eigenvalue weighted by molar-refractivity contribution is 5.95. The maximum absolute atomic E-state index is 11.3. The molecule has 1 fully saturated rings. The standard InChI is InChI=1S/C12H18O2/c13-9-5-4-8-12(14)10-11-6-2-1-3-7-11/h11,13H,1-3,5-7,9-10H2. The summed E-state index contributed by atoms with van der Waals surface area (Å²) in [5, 5.41) is 8.49. The van der Waals surface area contributed by atoms with Crippen molar-refractivity contribution >= 4 is 5.78 Å². The first-order valence-electron chi connectivity index (χ1n) is 5.45. The topological polar surface area (TPSA) is 37.3 Å². The van der Waals surface area contributed by atoms with Gasteiger partial charge in [0.2, 0.25) is 5.78 Å². The number of carbonyl (C=O) groups excluding carboxylic acids is 1. The summed E-state index contributed by atoms with van der Waals surface area (Å²) in [6.07, 6.45) is 7.26. The van der Waals surface area contributed by atoms with Crippen LogP contribution in [0.4, 0.5) is 0 Å². The summed E-state index contributed by atoms with van der Waals surface area (Å²) >= 11 is 0. The molecule has 0 aromatic heterocycles. The van der Waals surface area contributed by atoms with Crippen molar-refractivity contribution in [1.29, 1.82) is 0 Å². The molecule has 0 atom stereocenters. The zero-order valence-electron chi connectivity index (χ0n) is 8.59. The molecule has 0 aliphatic heterocycles. The molecular weight excluding hydrogens is 176 g/mol. The summed E-state index contributed by atoms with van der Waals surface area (Å²) < 4.78 is 0. The van der Waals surface area contributed by atoms with Gasteiger partial charge in [-0.2, -0.15) is 0 Å². The van der Waals surface area contributed by atoms with Crippen LogP contribution in [0.15, 0.2) is 0 Å². The molecule has 1 aliphatic carbocycles. The fourth-order valence-corrected chi connectivity index (χ4v) is 1.92. The summed E-state index contributed by atoms with van der Waals surface area (Å²) in [4.78, 5) is 11.3. The van der Waals surface area contributed by atoms with E-state index in [2.05, 4.69) is 11.8 Å². The maximum Gasteiger partial charge on any atom is 0.205 e. The van der Waals surface area contributed by atoms with Crippen LogP contribution in [0, 0.1) is 17.8 Å². The van der Waals surface area contributed by atoms with Crippen molar-refractivity contribution in [2.75, 3.05) is 6.61 Å². The number of aliphatic hydroxyl groups excluding tert-OH is 1. The van der Waals surface area contributed by atoms with E-state index in [9.17, 15) is 4.79 Å². The lowest BCUT2D eigenvalue weighted by atomic mass is 9.86. The average molecular weight is 194 g/mol. The van der Waals surface area contributed by atoms with E-state index in [1.807, 2.05) is 0 Å². The summed E-state index contributed by atoms with van der Waals surface area (Å²) in [6.45, 7) is 0.0453. The van der Waals surface area contributed by atoms with Gasteiger partial charge in [-0.05, 0) is 24.7 Å². The largest absolute Gasteiger partial charge is 0.395 e. The van der Waals surface area contributed by atoms with E-state index in [1.54, 1.807) is 0 Å². The molecule has 14 heavy (non-hydrogen) atoms. The second kappa shape index (κ2) is 6.62. The van der Waals surface area contributed by atoms with Gasteiger partial charge in [-0.3, -0.25) is 4.79 Å². The Morgan fingerprint density at radius 2 is 2.00 bits per heavy atom. The first-order valence-corrected chi connectivity index (χ1v) is 5.45. The molecule has 2 heteroatoms. The van der Waals surface area contributed by atoms with Crippen LogP contribution < -0.4 is 0 Å². The third kappa shape index (κ3) is 4.43. The van der Waals surface area contributed by atoms with E-state index in [1.165, 1.54) is 32.1 Å². The van der Waals surface area contributed by atoms with Gasteiger partial charge in [-0.25, -0.2) is 0 Å². The lowest BCUT2D eigenvalue weighted by molar-refractivity contribution is -0.114. The molecule has 0 heterocycles. The molecule has 78 valence electrons. The lowest BCUT2D eigenvalue weighted by Gasteiger charge is -2.19. The molecule has 0 spiro atoms. The van der Waals surface area contributed by atoms with Gasteiger partial charge in [0.15, 0.2) is 0 Å². The molecule has 0 amide bonds. The van der Waals surface area contributed by atoms with Crippen molar-refractivity contribution < 1.29 is 9.90 Å². The molecular formula is C12H18O2. The lowest BCUT2D eigenvalue weighted by Crippen LogP contribution is -2.10. The first kappa shape index (κ1) is 11.3. The second-order valence-electron chi connectivity index (χ2n) is 3.91. The van der Waals surface area contributed by atoms with Crippen molar-refractivity contribution in [3.63, 3.8) is 0 Å². The van der Waals surface area contributed by atoms with Crippen molar-refractivity contribution in [2.24, 2.45) is 5.92 Å². The zero-order valence-corrected chi connectivity index (χ0v) is 8.59. The molecule has 1 aliphatic rings. The molecule has 1 saturated carbocycles. The summed E-state index contributed by atoms with van der Waals surface area (Å²) in [5.41, 5.74) is 0. The third-order valence-electron chi connectivity index (χ3n) is 2.66. The average Bonchev–Trinajstić information content (AvgIpc) is 2.20. The van der Waals surface area contributed by atoms with Crippen LogP contribution in [0.3, 0.4) is 0 Å². The van der Waals surface area contributed by atoms with Crippen LogP contribution >= 0.6 is 0 Å². The fraction of sp³-hybridized carbons (Fsp3) is 0.750. The molecule has 1 N–H and O–H groups in total. The molecule has 0 saturated heterocycles. The highest BCUT2D eigenvalue weighted by Crippen LogP contribution is 2.26. The van der Waals surface area contributed by atoms with Gasteiger partial charge in [0.1, 0.15) is 0 Å². The van der Waals surface area contributed by atoms with Gasteiger partial charge in [0.25, 0.3) is 0 Å². The van der Waals surface area contributed by atoms with E-state index in [0.29, 0.717) is 18.8 Å². The van der Waals surface area contributed by atoms with Gasteiger partial charge in [0, 0.05) is 12.8 Å². The van der Waals surface area contributed by atoms with Gasteiger partial charge in [0.05, 0.1) is 6.61 Å². The van der Waals surface area contributed by atoms with Gasteiger partial charge < -0.3 is 5.11 Å². The summed E-state index contributed by atoms with van der Waals surface area (Å²) in [5.74, 6) is 5.87. The number of carbonyl (C=O) groups is 1. The van der Waals surface area contributed by atoms with Crippen LogP contribution in [-0.4, -0.2) is 17.5 Å². The smallest absolute Gasteiger partial charge is 0.205 e. The van der Waals surface area contributed by atoms with Crippen molar-refractivity contribution in [2.45, 2.75) is 44.9 Å². The monoisotopic (exact) mass is 194 g/mol. The minimum Gasteiger partial charge on any atom is -0.395 e. The number of Topliss-reactive ketones (excluding diaryl/α,β-unsaturated/α-hetero) is 1. The van der Waals surface area contributed by atoms with Crippen LogP contribution in [0.5, 0.6) is 0 Å². The van der Waals surface area contributed by atoms with E-state index in [4.69, 9.17) is 5.11 Å². The zero-order chi connectivity index (χ0) is 10.2. The van der Waals surface area contributed by atoms with Crippen molar-refractivity contribution in [3.05, 3.63) is 0 Å². The number of hydrogen-bond donors (Lipinski definition) is 1. The van der Waals surface area contributed by atoms with Crippen molar-refractivity contribution in [1.82, 2.24) is 0 Å². The molecule has 1 rings (SSSR count). The van der Waals surface area contributed by atoms with Crippen LogP contribution in [-0.2, 0) is 4.79 Å². The second-order valence-corrected chi connectivity index (χ2v) is 3.91. The molecule has 0 aromatic rings. The Labute approximate surface area is 85.7 Å². The van der Waals surface area contributed by atoms with Crippen LogP contribution in [0.2, 0.25) is 0 Å². The first-order chi connectivity index (χ1) is 6.83. The summed E-state index contributed by atoms with van der Waals surface area (Å²) in [7, 11) is 0. The van der Waals surface area contributed by atoms with E-state index in [0.717, 1.165) is 0 Å².